The van der Waals surface area contributed by atoms with E-state index in [1.807, 2.05) is 0 Å². The van der Waals surface area contributed by atoms with Crippen LogP contribution < -0.4 is 16.4 Å². The zero-order chi connectivity index (χ0) is 12.7. The third-order valence-corrected chi connectivity index (χ3v) is 2.17. The van der Waals surface area contributed by atoms with Crippen molar-refractivity contribution in [3.63, 3.8) is 0 Å². The summed E-state index contributed by atoms with van der Waals surface area (Å²) >= 11 is 0. The van der Waals surface area contributed by atoms with E-state index in [9.17, 15) is 9.59 Å². The highest BCUT2D eigenvalue weighted by atomic mass is 16.2. The summed E-state index contributed by atoms with van der Waals surface area (Å²) in [5, 5.41) is 5.57. The van der Waals surface area contributed by atoms with Crippen LogP contribution in [0.5, 0.6) is 0 Å². The van der Waals surface area contributed by atoms with Crippen LogP contribution in [-0.4, -0.2) is 30.4 Å². The summed E-state index contributed by atoms with van der Waals surface area (Å²) in [6, 6.07) is 3.40. The molecule has 1 heterocycles. The number of pyridine rings is 1. The molecule has 92 valence electrons. The Balaban J connectivity index is 2.38. The fourth-order valence-corrected chi connectivity index (χ4v) is 1.23. The minimum Gasteiger partial charge on any atom is -0.387 e. The Hall–Kier alpha value is -2.11. The van der Waals surface area contributed by atoms with Crippen LogP contribution in [0.25, 0.3) is 0 Å². The van der Waals surface area contributed by atoms with Crippen LogP contribution in [0.15, 0.2) is 18.3 Å². The van der Waals surface area contributed by atoms with Crippen LogP contribution >= 0.6 is 0 Å². The summed E-state index contributed by atoms with van der Waals surface area (Å²) < 4.78 is 0. The lowest BCUT2D eigenvalue weighted by molar-refractivity contribution is -0.118. The molecule has 2 amide bonds. The Morgan fingerprint density at radius 1 is 1.41 bits per heavy atom. The molecule has 6 heteroatoms. The molecule has 0 aromatic carbocycles. The summed E-state index contributed by atoms with van der Waals surface area (Å²) in [6.07, 6.45) is 2.39. The van der Waals surface area contributed by atoms with Gasteiger partial charge in [0.15, 0.2) is 0 Å². The summed E-state index contributed by atoms with van der Waals surface area (Å²) in [6.45, 7) is 0.414. The van der Waals surface area contributed by atoms with E-state index in [2.05, 4.69) is 15.6 Å². The van der Waals surface area contributed by atoms with Gasteiger partial charge >= 0.3 is 0 Å². The van der Waals surface area contributed by atoms with Gasteiger partial charge < -0.3 is 16.4 Å². The Labute approximate surface area is 99.6 Å². The average Bonchev–Trinajstić information content (AvgIpc) is 2.34. The molecule has 0 radical (unpaired) electrons. The van der Waals surface area contributed by atoms with Crippen molar-refractivity contribution in [3.8, 4) is 0 Å². The lowest BCUT2D eigenvalue weighted by Crippen LogP contribution is -2.26. The molecule has 0 unspecified atom stereocenters. The van der Waals surface area contributed by atoms with Gasteiger partial charge in [-0.3, -0.25) is 9.59 Å². The van der Waals surface area contributed by atoms with Crippen molar-refractivity contribution in [1.82, 2.24) is 10.3 Å². The van der Waals surface area contributed by atoms with E-state index in [1.54, 1.807) is 25.4 Å². The second-order valence-corrected chi connectivity index (χ2v) is 3.51. The quantitative estimate of drug-likeness (QED) is 0.611. The number of nitrogens with zero attached hydrogens (tertiary/aromatic N) is 1. The minimum absolute atomic E-state index is 0.253. The van der Waals surface area contributed by atoms with Crippen molar-refractivity contribution in [2.24, 2.45) is 5.73 Å². The molecule has 0 aliphatic heterocycles. The second kappa shape index (κ2) is 6.47. The van der Waals surface area contributed by atoms with E-state index in [0.29, 0.717) is 18.7 Å². The Kier molecular flexibility index (Phi) is 4.93. The zero-order valence-electron chi connectivity index (χ0n) is 9.69. The van der Waals surface area contributed by atoms with Crippen LogP contribution in [0.3, 0.4) is 0 Å². The highest BCUT2D eigenvalue weighted by Gasteiger charge is 2.06. The van der Waals surface area contributed by atoms with E-state index >= 15 is 0 Å². The normalized spacial score (nSPS) is 9.71. The fraction of sp³-hybridized carbons (Fsp3) is 0.364. The van der Waals surface area contributed by atoms with Crippen molar-refractivity contribution in [1.29, 1.82) is 0 Å². The lowest BCUT2D eigenvalue weighted by atomic mass is 10.3. The molecule has 0 aliphatic carbocycles. The van der Waals surface area contributed by atoms with Crippen LogP contribution in [0, 0.1) is 0 Å². The molecule has 1 aromatic heterocycles. The van der Waals surface area contributed by atoms with Crippen molar-refractivity contribution in [2.75, 3.05) is 18.9 Å². The van der Waals surface area contributed by atoms with Crippen LogP contribution in [0.2, 0.25) is 0 Å². The molecule has 0 saturated heterocycles. The minimum atomic E-state index is -0.365. The molecule has 0 aliphatic rings. The van der Waals surface area contributed by atoms with Gasteiger partial charge in [0.05, 0.1) is 11.9 Å². The zero-order valence-corrected chi connectivity index (χ0v) is 9.69. The van der Waals surface area contributed by atoms with Crippen LogP contribution in [0.4, 0.5) is 5.69 Å². The molecule has 0 spiro atoms. The predicted octanol–water partition coefficient (Wildman–Crippen LogP) is 0.119. The molecule has 4 N–H and O–H groups in total. The van der Waals surface area contributed by atoms with Crippen molar-refractivity contribution >= 4 is 17.5 Å². The number of aromatic nitrogens is 1. The van der Waals surface area contributed by atoms with Gasteiger partial charge in [0.25, 0.3) is 5.91 Å². The molecular formula is C11H16N4O2. The number of amides is 2. The van der Waals surface area contributed by atoms with E-state index in [4.69, 9.17) is 5.73 Å². The molecular weight excluding hydrogens is 220 g/mol. The molecule has 0 bridgehead atoms. The van der Waals surface area contributed by atoms with Gasteiger partial charge in [-0.2, -0.15) is 0 Å². The molecule has 17 heavy (non-hydrogen) atoms. The Morgan fingerprint density at radius 3 is 2.71 bits per heavy atom. The molecule has 0 saturated carbocycles. The fourth-order valence-electron chi connectivity index (χ4n) is 1.23. The topological polar surface area (TPSA) is 97.1 Å². The number of nitrogens with two attached hydrogens (primary N) is 1. The van der Waals surface area contributed by atoms with Gasteiger partial charge in [0.1, 0.15) is 5.69 Å². The summed E-state index contributed by atoms with van der Waals surface area (Å²) in [7, 11) is 1.78. The van der Waals surface area contributed by atoms with Crippen LogP contribution in [-0.2, 0) is 4.79 Å². The first kappa shape index (κ1) is 13.0. The van der Waals surface area contributed by atoms with Gasteiger partial charge in [-0.15, -0.1) is 0 Å². The van der Waals surface area contributed by atoms with Gasteiger partial charge in [-0.05, 0) is 18.6 Å². The number of carbonyl (C=O) groups excluding carboxylic acids is 2. The molecule has 0 fully saturated rings. The third-order valence-electron chi connectivity index (χ3n) is 2.17. The number of rotatable bonds is 6. The van der Waals surface area contributed by atoms with Gasteiger partial charge in [-0.1, -0.05) is 0 Å². The molecule has 1 rings (SSSR count). The van der Waals surface area contributed by atoms with Crippen molar-refractivity contribution in [3.05, 3.63) is 24.0 Å². The highest BCUT2D eigenvalue weighted by molar-refractivity contribution is 5.92. The number of primary amides is 1. The van der Waals surface area contributed by atoms with Gasteiger partial charge in [0, 0.05) is 20.0 Å². The first-order chi connectivity index (χ1) is 8.13. The highest BCUT2D eigenvalue weighted by Crippen LogP contribution is 2.04. The monoisotopic (exact) mass is 236 g/mol. The van der Waals surface area contributed by atoms with E-state index in [-0.39, 0.29) is 18.2 Å². The summed E-state index contributed by atoms with van der Waals surface area (Å²) in [4.78, 5) is 26.1. The van der Waals surface area contributed by atoms with Gasteiger partial charge in [-0.25, -0.2) is 4.98 Å². The summed E-state index contributed by atoms with van der Waals surface area (Å²) in [5.74, 6) is -0.618. The van der Waals surface area contributed by atoms with Crippen molar-refractivity contribution < 1.29 is 9.59 Å². The molecule has 1 aromatic rings. The summed E-state index contributed by atoms with van der Waals surface area (Å²) in [5.41, 5.74) is 6.17. The van der Waals surface area contributed by atoms with E-state index in [0.717, 1.165) is 5.69 Å². The SMILES string of the molecule is CNc1ccc(C(=O)NCCCC(N)=O)nc1. The molecule has 0 atom stereocenters. The van der Waals surface area contributed by atoms with E-state index in [1.165, 1.54) is 0 Å². The van der Waals surface area contributed by atoms with Crippen LogP contribution in [0.1, 0.15) is 23.3 Å². The average molecular weight is 236 g/mol. The van der Waals surface area contributed by atoms with Gasteiger partial charge in [0.2, 0.25) is 5.91 Å². The Morgan fingerprint density at radius 2 is 2.18 bits per heavy atom. The first-order valence-corrected chi connectivity index (χ1v) is 5.34. The predicted molar refractivity (Wildman–Crippen MR) is 64.5 cm³/mol. The number of hydrogen-bond donors (Lipinski definition) is 3. The largest absolute Gasteiger partial charge is 0.387 e. The number of hydrogen-bond acceptors (Lipinski definition) is 4. The smallest absolute Gasteiger partial charge is 0.269 e. The Bertz CT molecular complexity index is 389. The number of carbonyl (C=O) groups is 2. The maximum atomic E-state index is 11.6. The van der Waals surface area contributed by atoms with E-state index < -0.39 is 0 Å². The maximum Gasteiger partial charge on any atom is 0.269 e. The third kappa shape index (κ3) is 4.50. The maximum absolute atomic E-state index is 11.6. The van der Waals surface area contributed by atoms with Crippen molar-refractivity contribution in [2.45, 2.75) is 12.8 Å². The standard InChI is InChI=1S/C11H16N4O2/c1-13-8-4-5-9(15-7-8)11(17)14-6-2-3-10(12)16/h4-5,7,13H,2-3,6H2,1H3,(H2,12,16)(H,14,17). The second-order valence-electron chi connectivity index (χ2n) is 3.51. The number of anilines is 1. The first-order valence-electron chi connectivity index (χ1n) is 5.34. The lowest BCUT2D eigenvalue weighted by Gasteiger charge is -2.04. The molecule has 6 nitrogen and oxygen atoms in total. The number of nitrogens with one attached hydrogen (secondary N) is 2.